The monoisotopic (exact) mass is 809 g/mol. The number of amides is 1. The highest BCUT2D eigenvalue weighted by molar-refractivity contribution is 7.44. The third-order valence-electron chi connectivity index (χ3n) is 10.5. The number of nitrogens with zero attached hydrogens (tertiary/aromatic N) is 5. The summed E-state index contributed by atoms with van der Waals surface area (Å²) in [6.07, 6.45) is 7.32. The number of rotatable bonds is 31. The van der Waals surface area contributed by atoms with Gasteiger partial charge in [-0.05, 0) is 119 Å². The smallest absolute Gasteiger partial charge is 0.328 e. The molecule has 322 valence electrons. The maximum atomic E-state index is 13.3. The molecular formula is C41H77N8O6P. The number of hydrogen-bond donors (Lipinski definition) is 3. The predicted octanol–water partition coefficient (Wildman–Crippen LogP) is 5.78. The van der Waals surface area contributed by atoms with Crippen molar-refractivity contribution in [1.29, 1.82) is 5.26 Å². The molecule has 1 aliphatic rings. The van der Waals surface area contributed by atoms with Gasteiger partial charge in [0.2, 0.25) is 5.91 Å². The van der Waals surface area contributed by atoms with E-state index in [-0.39, 0.29) is 62.1 Å². The molecule has 56 heavy (non-hydrogen) atoms. The molecule has 0 saturated carbocycles. The minimum absolute atomic E-state index is 0.114. The fourth-order valence-corrected chi connectivity index (χ4v) is 9.30. The van der Waals surface area contributed by atoms with Crippen molar-refractivity contribution in [2.24, 2.45) is 5.92 Å². The quantitative estimate of drug-likeness (QED) is 0.0617. The molecule has 0 radical (unpaired) electrons. The van der Waals surface area contributed by atoms with Crippen molar-refractivity contribution in [1.82, 2.24) is 34.7 Å². The summed E-state index contributed by atoms with van der Waals surface area (Å²) in [6.45, 7) is 28.5. The molecule has 2 heterocycles. The van der Waals surface area contributed by atoms with Gasteiger partial charge in [0.05, 0.1) is 43.0 Å². The molecule has 2 rings (SSSR count). The Morgan fingerprint density at radius 1 is 0.982 bits per heavy atom. The van der Waals surface area contributed by atoms with Gasteiger partial charge in [0.25, 0.3) is 14.1 Å². The van der Waals surface area contributed by atoms with E-state index in [0.717, 1.165) is 78.0 Å². The fourth-order valence-electron chi connectivity index (χ4n) is 7.49. The van der Waals surface area contributed by atoms with Crippen molar-refractivity contribution in [2.45, 2.75) is 157 Å². The van der Waals surface area contributed by atoms with Crippen LogP contribution in [-0.2, 0) is 25.1 Å². The average molecular weight is 809 g/mol. The number of carbonyl (C=O) groups excluding carboxylic acids is 1. The molecular weight excluding hydrogens is 731 g/mol. The van der Waals surface area contributed by atoms with Crippen molar-refractivity contribution in [2.75, 3.05) is 65.5 Å². The van der Waals surface area contributed by atoms with Crippen LogP contribution in [0.15, 0.2) is 15.8 Å². The van der Waals surface area contributed by atoms with Gasteiger partial charge in [-0.2, -0.15) is 5.26 Å². The maximum Gasteiger partial charge on any atom is 0.328 e. The zero-order valence-corrected chi connectivity index (χ0v) is 37.2. The third-order valence-corrected chi connectivity index (χ3v) is 12.6. The second-order valence-electron chi connectivity index (χ2n) is 15.3. The molecule has 1 amide bonds. The summed E-state index contributed by atoms with van der Waals surface area (Å²) in [5.41, 5.74) is -0.685. The summed E-state index contributed by atoms with van der Waals surface area (Å²) in [5, 5.41) is 15.6. The average Bonchev–Trinajstić information content (AvgIpc) is 3.50. The lowest BCUT2D eigenvalue weighted by Crippen LogP contribution is -2.37. The molecule has 1 aromatic heterocycles. The summed E-state index contributed by atoms with van der Waals surface area (Å²) in [5.74, 6) is -0.314. The topological polar surface area (TPSA) is 157 Å². The summed E-state index contributed by atoms with van der Waals surface area (Å²) in [4.78, 5) is 46.6. The SMILES string of the molecule is CCCC1OC(c2cn(CCC(=O)NCCCN(CC)CCCCN(CC)CCCNCC)c(=O)[nH]c2=O)C(CC)C1OP(OCCC#N)N(C(C)C)C(C)C. The van der Waals surface area contributed by atoms with Crippen LogP contribution in [0.2, 0.25) is 0 Å². The molecule has 3 N–H and O–H groups in total. The maximum absolute atomic E-state index is 13.3. The van der Waals surface area contributed by atoms with Crippen LogP contribution >= 0.6 is 8.53 Å². The van der Waals surface area contributed by atoms with Gasteiger partial charge < -0.3 is 34.2 Å². The minimum atomic E-state index is -1.53. The van der Waals surface area contributed by atoms with E-state index in [0.29, 0.717) is 18.5 Å². The van der Waals surface area contributed by atoms with E-state index in [1.54, 1.807) is 6.20 Å². The Balaban J connectivity index is 2.00. The van der Waals surface area contributed by atoms with Crippen molar-refractivity contribution < 1.29 is 18.6 Å². The highest BCUT2D eigenvalue weighted by Gasteiger charge is 2.48. The van der Waals surface area contributed by atoms with Crippen molar-refractivity contribution >= 4 is 14.4 Å². The summed E-state index contributed by atoms with van der Waals surface area (Å²) < 4.78 is 23.3. The van der Waals surface area contributed by atoms with Crippen LogP contribution in [0.1, 0.15) is 132 Å². The van der Waals surface area contributed by atoms with Crippen LogP contribution in [0.4, 0.5) is 0 Å². The first-order valence-corrected chi connectivity index (χ1v) is 22.7. The van der Waals surface area contributed by atoms with Gasteiger partial charge in [-0.3, -0.25) is 19.1 Å². The molecule has 1 saturated heterocycles. The first-order valence-electron chi connectivity index (χ1n) is 21.6. The van der Waals surface area contributed by atoms with Gasteiger partial charge in [0.15, 0.2) is 0 Å². The van der Waals surface area contributed by atoms with E-state index in [1.165, 1.54) is 17.4 Å². The van der Waals surface area contributed by atoms with Crippen molar-refractivity contribution in [3.63, 3.8) is 0 Å². The number of unbranched alkanes of at least 4 members (excludes halogenated alkanes) is 1. The van der Waals surface area contributed by atoms with Gasteiger partial charge in [-0.1, -0.05) is 41.0 Å². The predicted molar refractivity (Wildman–Crippen MR) is 227 cm³/mol. The summed E-state index contributed by atoms with van der Waals surface area (Å²) in [7, 11) is -1.53. The van der Waals surface area contributed by atoms with Gasteiger partial charge in [0.1, 0.15) is 0 Å². The molecule has 1 fully saturated rings. The first kappa shape index (κ1) is 49.9. The van der Waals surface area contributed by atoms with Gasteiger partial charge in [-0.25, -0.2) is 9.46 Å². The highest BCUT2D eigenvalue weighted by atomic mass is 31.2. The van der Waals surface area contributed by atoms with Gasteiger partial charge in [-0.15, -0.1) is 0 Å². The molecule has 5 atom stereocenters. The molecule has 0 bridgehead atoms. The number of hydrogen-bond acceptors (Lipinski definition) is 11. The molecule has 0 aliphatic carbocycles. The largest absolute Gasteiger partial charge is 0.367 e. The number of aryl methyl sites for hydroxylation is 1. The van der Waals surface area contributed by atoms with Crippen molar-refractivity contribution in [3.05, 3.63) is 32.6 Å². The molecule has 15 heteroatoms. The number of H-pyrrole nitrogens is 1. The number of carbonyl (C=O) groups is 1. The standard InChI is InChI=1S/C41H77N8O6P/c1-10-20-36-39(55-56(53-30-17-22-42)49(32(6)7)33(8)9)34(11-2)38(54-36)35-31-48(41(52)45-40(35)51)29-21-37(50)44-24-19-28-47(14-5)26-16-15-25-46(13-4)27-18-23-43-12-3/h31-34,36,38-39,43H,10-21,23-30H2,1-9H3,(H,44,50)(H,45,51,52). The minimum Gasteiger partial charge on any atom is -0.367 e. The number of aromatic nitrogens is 2. The summed E-state index contributed by atoms with van der Waals surface area (Å²) in [6, 6.07) is 2.43. The van der Waals surface area contributed by atoms with E-state index in [4.69, 9.17) is 13.8 Å². The van der Waals surface area contributed by atoms with Crippen LogP contribution in [0.25, 0.3) is 0 Å². The van der Waals surface area contributed by atoms with E-state index in [2.05, 4.69) is 98.5 Å². The number of nitriles is 1. The Labute approximate surface area is 339 Å². The molecule has 5 unspecified atom stereocenters. The van der Waals surface area contributed by atoms with Crippen LogP contribution < -0.4 is 21.9 Å². The molecule has 1 aromatic rings. The Hall–Kier alpha value is -2.21. The lowest BCUT2D eigenvalue weighted by Gasteiger charge is -2.38. The highest BCUT2D eigenvalue weighted by Crippen LogP contribution is 2.53. The molecule has 0 aromatic carbocycles. The Kier molecular flexibility index (Phi) is 25.2. The number of ether oxygens (including phenoxy) is 1. The Bertz CT molecular complexity index is 1380. The number of nitrogens with one attached hydrogen (secondary N) is 3. The molecule has 14 nitrogen and oxygen atoms in total. The van der Waals surface area contributed by atoms with Crippen molar-refractivity contribution in [3.8, 4) is 6.07 Å². The van der Waals surface area contributed by atoms with Crippen LogP contribution in [0, 0.1) is 17.2 Å². The third kappa shape index (κ3) is 16.9. The zero-order chi connectivity index (χ0) is 41.5. The van der Waals surface area contributed by atoms with E-state index >= 15 is 0 Å². The second-order valence-corrected chi connectivity index (χ2v) is 16.8. The summed E-state index contributed by atoms with van der Waals surface area (Å²) >= 11 is 0. The van der Waals surface area contributed by atoms with E-state index < -0.39 is 25.9 Å². The lowest BCUT2D eigenvalue weighted by atomic mass is 9.89. The fraction of sp³-hybridized carbons (Fsp3) is 0.854. The van der Waals surface area contributed by atoms with Crippen LogP contribution in [-0.4, -0.2) is 120 Å². The zero-order valence-electron chi connectivity index (χ0n) is 36.3. The van der Waals surface area contributed by atoms with Crippen LogP contribution in [0.5, 0.6) is 0 Å². The van der Waals surface area contributed by atoms with E-state index in [9.17, 15) is 19.6 Å². The Morgan fingerprint density at radius 2 is 1.61 bits per heavy atom. The van der Waals surface area contributed by atoms with E-state index in [1.807, 2.05) is 0 Å². The Morgan fingerprint density at radius 3 is 2.16 bits per heavy atom. The molecule has 0 spiro atoms. The second kappa shape index (κ2) is 28.3. The molecule has 1 aliphatic heterocycles. The van der Waals surface area contributed by atoms with Crippen LogP contribution in [0.3, 0.4) is 0 Å². The van der Waals surface area contributed by atoms with Gasteiger partial charge >= 0.3 is 5.69 Å². The normalized spacial score (nSPS) is 19.2. The lowest BCUT2D eigenvalue weighted by molar-refractivity contribution is -0.121. The van der Waals surface area contributed by atoms with Gasteiger partial charge in [0, 0.05) is 43.7 Å². The first-order chi connectivity index (χ1) is 26.9. The number of aromatic amines is 1.